The van der Waals surface area contributed by atoms with Crippen LogP contribution < -0.4 is 10.6 Å². The molecule has 2 unspecified atom stereocenters. The normalized spacial score (nSPS) is 23.1. The van der Waals surface area contributed by atoms with E-state index in [9.17, 15) is 8.42 Å². The van der Waals surface area contributed by atoms with Gasteiger partial charge in [0.25, 0.3) is 0 Å². The Morgan fingerprint density at radius 1 is 1.22 bits per heavy atom. The van der Waals surface area contributed by atoms with Crippen molar-refractivity contribution in [2.45, 2.75) is 59.4 Å². The van der Waals surface area contributed by atoms with Gasteiger partial charge in [0.15, 0.2) is 5.96 Å². The summed E-state index contributed by atoms with van der Waals surface area (Å²) in [7, 11) is -3.20. The second-order valence-corrected chi connectivity index (χ2v) is 8.36. The molecule has 6 nitrogen and oxygen atoms in total. The number of rotatable bonds is 8. The SMILES string of the molecule is CCNC(=NCCS(=O)(=O)N(CC)CC)NC1CCCC(C)C1. The van der Waals surface area contributed by atoms with Gasteiger partial charge in [0, 0.05) is 25.7 Å². The van der Waals surface area contributed by atoms with Gasteiger partial charge in [-0.05, 0) is 25.7 Å². The van der Waals surface area contributed by atoms with Crippen LogP contribution >= 0.6 is 0 Å². The van der Waals surface area contributed by atoms with E-state index in [1.165, 1.54) is 17.1 Å². The Labute approximate surface area is 142 Å². The lowest BCUT2D eigenvalue weighted by atomic mass is 9.87. The maximum atomic E-state index is 12.2. The van der Waals surface area contributed by atoms with Crippen molar-refractivity contribution in [1.29, 1.82) is 0 Å². The summed E-state index contributed by atoms with van der Waals surface area (Å²) in [5, 5.41) is 6.68. The van der Waals surface area contributed by atoms with E-state index in [2.05, 4.69) is 22.5 Å². The van der Waals surface area contributed by atoms with Crippen LogP contribution in [-0.2, 0) is 10.0 Å². The number of aliphatic imine (C=N–C) groups is 1. The Kier molecular flexibility index (Phi) is 8.91. The predicted molar refractivity (Wildman–Crippen MR) is 97.2 cm³/mol. The van der Waals surface area contributed by atoms with Gasteiger partial charge in [-0.25, -0.2) is 12.7 Å². The molecular formula is C16H34N4O2S. The van der Waals surface area contributed by atoms with E-state index >= 15 is 0 Å². The first-order chi connectivity index (χ1) is 10.9. The number of hydrogen-bond donors (Lipinski definition) is 2. The molecule has 1 aliphatic rings. The van der Waals surface area contributed by atoms with Crippen molar-refractivity contribution in [3.8, 4) is 0 Å². The van der Waals surface area contributed by atoms with Crippen molar-refractivity contribution in [3.05, 3.63) is 0 Å². The highest BCUT2D eigenvalue weighted by Gasteiger charge is 2.20. The van der Waals surface area contributed by atoms with Gasteiger partial charge in [0.2, 0.25) is 10.0 Å². The highest BCUT2D eigenvalue weighted by atomic mass is 32.2. The Bertz CT molecular complexity index is 461. The zero-order valence-electron chi connectivity index (χ0n) is 15.1. The van der Waals surface area contributed by atoms with Crippen LogP contribution in [0, 0.1) is 5.92 Å². The molecule has 0 spiro atoms. The standard InChI is InChI=1S/C16H34N4O2S/c1-5-17-16(19-15-10-8-9-14(4)13-15)18-11-12-23(21,22)20(6-2)7-3/h14-15H,5-13H2,1-4H3,(H2,17,18,19). The lowest BCUT2D eigenvalue weighted by Gasteiger charge is -2.28. The quantitative estimate of drug-likeness (QED) is 0.519. The van der Waals surface area contributed by atoms with Crippen LogP contribution in [0.25, 0.3) is 0 Å². The summed E-state index contributed by atoms with van der Waals surface area (Å²) in [6.07, 6.45) is 4.86. The van der Waals surface area contributed by atoms with Crippen molar-refractivity contribution in [3.63, 3.8) is 0 Å². The zero-order valence-corrected chi connectivity index (χ0v) is 16.0. The van der Waals surface area contributed by atoms with Gasteiger partial charge < -0.3 is 10.6 Å². The molecule has 1 aliphatic carbocycles. The summed E-state index contributed by atoms with van der Waals surface area (Å²) < 4.78 is 25.9. The van der Waals surface area contributed by atoms with Crippen molar-refractivity contribution < 1.29 is 8.42 Å². The molecule has 7 heteroatoms. The monoisotopic (exact) mass is 346 g/mol. The van der Waals surface area contributed by atoms with Crippen molar-refractivity contribution >= 4 is 16.0 Å². The highest BCUT2D eigenvalue weighted by molar-refractivity contribution is 7.89. The Hall–Kier alpha value is -0.820. The Morgan fingerprint density at radius 3 is 2.48 bits per heavy atom. The molecule has 0 radical (unpaired) electrons. The summed E-state index contributed by atoms with van der Waals surface area (Å²) in [5.74, 6) is 1.54. The Balaban J connectivity index is 2.57. The molecule has 2 atom stereocenters. The molecule has 0 aromatic carbocycles. The third-order valence-electron chi connectivity index (χ3n) is 4.34. The topological polar surface area (TPSA) is 73.8 Å². The van der Waals surface area contributed by atoms with Crippen LogP contribution in [0.2, 0.25) is 0 Å². The average molecular weight is 347 g/mol. The summed E-state index contributed by atoms with van der Waals surface area (Å²) in [5.41, 5.74) is 0. The first-order valence-corrected chi connectivity index (χ1v) is 10.6. The molecule has 23 heavy (non-hydrogen) atoms. The maximum absolute atomic E-state index is 12.2. The summed E-state index contributed by atoms with van der Waals surface area (Å²) >= 11 is 0. The minimum absolute atomic E-state index is 0.0618. The molecule has 0 heterocycles. The number of nitrogens with one attached hydrogen (secondary N) is 2. The van der Waals surface area contributed by atoms with E-state index in [1.54, 1.807) is 0 Å². The molecule has 136 valence electrons. The smallest absolute Gasteiger partial charge is 0.215 e. The molecule has 0 aromatic rings. The van der Waals surface area contributed by atoms with Gasteiger partial charge >= 0.3 is 0 Å². The highest BCUT2D eigenvalue weighted by Crippen LogP contribution is 2.23. The third-order valence-corrected chi connectivity index (χ3v) is 6.34. The second kappa shape index (κ2) is 10.1. The van der Waals surface area contributed by atoms with Crippen LogP contribution in [0.3, 0.4) is 0 Å². The Morgan fingerprint density at radius 2 is 1.91 bits per heavy atom. The van der Waals surface area contributed by atoms with E-state index < -0.39 is 10.0 Å². The molecule has 1 rings (SSSR count). The zero-order chi connectivity index (χ0) is 17.3. The molecule has 0 bridgehead atoms. The fourth-order valence-corrected chi connectivity index (χ4v) is 4.46. The van der Waals surface area contributed by atoms with Crippen molar-refractivity contribution in [1.82, 2.24) is 14.9 Å². The molecule has 1 saturated carbocycles. The summed E-state index contributed by atoms with van der Waals surface area (Å²) in [6, 6.07) is 0.441. The van der Waals surface area contributed by atoms with Crippen LogP contribution in [0.1, 0.15) is 53.4 Å². The summed E-state index contributed by atoms with van der Waals surface area (Å²) in [6.45, 7) is 10.1. The van der Waals surface area contributed by atoms with Gasteiger partial charge in [-0.15, -0.1) is 0 Å². The van der Waals surface area contributed by atoms with E-state index in [1.807, 2.05) is 20.8 Å². The van der Waals surface area contributed by atoms with Crippen LogP contribution in [0.4, 0.5) is 0 Å². The molecule has 0 aromatic heterocycles. The maximum Gasteiger partial charge on any atom is 0.215 e. The minimum Gasteiger partial charge on any atom is -0.357 e. The number of nitrogens with zero attached hydrogens (tertiary/aromatic N) is 2. The second-order valence-electron chi connectivity index (χ2n) is 6.27. The molecule has 0 aliphatic heterocycles. The first-order valence-electron chi connectivity index (χ1n) is 8.95. The molecule has 0 saturated heterocycles. The molecule has 1 fully saturated rings. The van der Waals surface area contributed by atoms with Crippen molar-refractivity contribution in [2.24, 2.45) is 10.9 Å². The van der Waals surface area contributed by atoms with Gasteiger partial charge in [0.05, 0.1) is 12.3 Å². The van der Waals surface area contributed by atoms with Gasteiger partial charge in [-0.1, -0.05) is 33.6 Å². The molecule has 2 N–H and O–H groups in total. The average Bonchev–Trinajstić information content (AvgIpc) is 2.48. The van der Waals surface area contributed by atoms with E-state index in [4.69, 9.17) is 0 Å². The number of sulfonamides is 1. The predicted octanol–water partition coefficient (Wildman–Crippen LogP) is 1.79. The largest absolute Gasteiger partial charge is 0.357 e. The van der Waals surface area contributed by atoms with Crippen LogP contribution in [-0.4, -0.2) is 56.7 Å². The number of guanidine groups is 1. The fourth-order valence-electron chi connectivity index (χ4n) is 3.10. The number of hydrogen-bond acceptors (Lipinski definition) is 3. The van der Waals surface area contributed by atoms with E-state index in [0.717, 1.165) is 31.3 Å². The van der Waals surface area contributed by atoms with E-state index in [-0.39, 0.29) is 12.3 Å². The van der Waals surface area contributed by atoms with Gasteiger partial charge in [0.1, 0.15) is 0 Å². The van der Waals surface area contributed by atoms with Gasteiger partial charge in [-0.2, -0.15) is 0 Å². The lowest BCUT2D eigenvalue weighted by Crippen LogP contribution is -2.45. The molecular weight excluding hydrogens is 312 g/mol. The fraction of sp³-hybridized carbons (Fsp3) is 0.938. The summed E-state index contributed by atoms with van der Waals surface area (Å²) in [4.78, 5) is 4.46. The van der Waals surface area contributed by atoms with Crippen LogP contribution in [0.5, 0.6) is 0 Å². The van der Waals surface area contributed by atoms with Crippen LogP contribution in [0.15, 0.2) is 4.99 Å². The van der Waals surface area contributed by atoms with E-state index in [0.29, 0.717) is 19.1 Å². The lowest BCUT2D eigenvalue weighted by molar-refractivity contribution is 0.324. The molecule has 0 amide bonds. The third kappa shape index (κ3) is 7.08. The minimum atomic E-state index is -3.20. The van der Waals surface area contributed by atoms with Crippen molar-refractivity contribution in [2.75, 3.05) is 31.9 Å². The van der Waals surface area contributed by atoms with Gasteiger partial charge in [-0.3, -0.25) is 4.99 Å². The first kappa shape index (κ1) is 20.2.